The molecule has 4 nitrogen and oxygen atoms in total. The Morgan fingerprint density at radius 2 is 1.96 bits per heavy atom. The van der Waals surface area contributed by atoms with E-state index in [0.717, 1.165) is 35.2 Å². The van der Waals surface area contributed by atoms with Crippen molar-refractivity contribution >= 4 is 55.5 Å². The molecule has 2 heterocycles. The minimum absolute atomic E-state index is 0.0842. The summed E-state index contributed by atoms with van der Waals surface area (Å²) in [5, 5.41) is 0.376. The maximum atomic E-state index is 14.0. The SMILES string of the molecule is CN(C)CCCN(C(=O)Cc1ccc(Cl)s1)c1nc2c(F)cc(F)cc2s1. The highest BCUT2D eigenvalue weighted by atomic mass is 35.5. The lowest BCUT2D eigenvalue weighted by Crippen LogP contribution is -2.34. The number of hydrogen-bond acceptors (Lipinski definition) is 5. The third-order valence-corrected chi connectivity index (χ3v) is 6.13. The summed E-state index contributed by atoms with van der Waals surface area (Å²) in [6, 6.07) is 5.61. The van der Waals surface area contributed by atoms with Crippen LogP contribution >= 0.6 is 34.3 Å². The van der Waals surface area contributed by atoms with Crippen LogP contribution in [0.1, 0.15) is 11.3 Å². The zero-order chi connectivity index (χ0) is 19.6. The van der Waals surface area contributed by atoms with Gasteiger partial charge in [0.1, 0.15) is 11.3 Å². The standard InChI is InChI=1S/C18H18ClF2N3OS2/c1-23(2)6-3-7-24(16(25)10-12-4-5-15(19)26-12)18-22-17-13(21)8-11(20)9-14(17)27-18/h4-5,8-9H,3,6-7,10H2,1-2H3. The number of thiophene rings is 1. The van der Waals surface area contributed by atoms with Gasteiger partial charge in [-0.1, -0.05) is 22.9 Å². The minimum atomic E-state index is -0.724. The summed E-state index contributed by atoms with van der Waals surface area (Å²) in [7, 11) is 3.91. The van der Waals surface area contributed by atoms with Gasteiger partial charge in [-0.15, -0.1) is 11.3 Å². The monoisotopic (exact) mass is 429 g/mol. The molecule has 0 saturated heterocycles. The van der Waals surface area contributed by atoms with Crippen LogP contribution in [-0.4, -0.2) is 43.0 Å². The molecule has 0 unspecified atom stereocenters. The van der Waals surface area contributed by atoms with Gasteiger partial charge in [0.05, 0.1) is 15.5 Å². The van der Waals surface area contributed by atoms with E-state index in [1.807, 2.05) is 25.1 Å². The van der Waals surface area contributed by atoms with Crippen molar-refractivity contribution in [3.8, 4) is 0 Å². The number of anilines is 1. The smallest absolute Gasteiger partial charge is 0.234 e. The van der Waals surface area contributed by atoms with Gasteiger partial charge in [0.15, 0.2) is 10.9 Å². The van der Waals surface area contributed by atoms with E-state index in [0.29, 0.717) is 20.7 Å². The number of halogens is 3. The topological polar surface area (TPSA) is 36.4 Å². The molecule has 27 heavy (non-hydrogen) atoms. The molecule has 0 radical (unpaired) electrons. The molecule has 0 N–H and O–H groups in total. The highest BCUT2D eigenvalue weighted by Gasteiger charge is 2.22. The van der Waals surface area contributed by atoms with Gasteiger partial charge in [0.2, 0.25) is 5.91 Å². The number of hydrogen-bond donors (Lipinski definition) is 0. The van der Waals surface area contributed by atoms with Gasteiger partial charge >= 0.3 is 0 Å². The van der Waals surface area contributed by atoms with E-state index in [-0.39, 0.29) is 17.8 Å². The van der Waals surface area contributed by atoms with Crippen LogP contribution in [0, 0.1) is 11.6 Å². The van der Waals surface area contributed by atoms with Crippen LogP contribution in [0.25, 0.3) is 10.2 Å². The van der Waals surface area contributed by atoms with Crippen molar-refractivity contribution in [1.29, 1.82) is 0 Å². The molecule has 2 aromatic heterocycles. The zero-order valence-electron chi connectivity index (χ0n) is 14.8. The second-order valence-electron chi connectivity index (χ2n) is 6.32. The number of aromatic nitrogens is 1. The van der Waals surface area contributed by atoms with E-state index in [1.165, 1.54) is 17.4 Å². The number of thiazole rings is 1. The van der Waals surface area contributed by atoms with Gasteiger partial charge in [-0.05, 0) is 45.3 Å². The highest BCUT2D eigenvalue weighted by Crippen LogP contribution is 2.32. The Morgan fingerprint density at radius 1 is 1.19 bits per heavy atom. The van der Waals surface area contributed by atoms with E-state index >= 15 is 0 Å². The summed E-state index contributed by atoms with van der Waals surface area (Å²) < 4.78 is 28.5. The third kappa shape index (κ3) is 5.01. The number of nitrogens with zero attached hydrogens (tertiary/aromatic N) is 3. The summed E-state index contributed by atoms with van der Waals surface area (Å²) in [5.74, 6) is -1.53. The highest BCUT2D eigenvalue weighted by molar-refractivity contribution is 7.22. The number of amides is 1. The Bertz CT molecular complexity index is 957. The van der Waals surface area contributed by atoms with Crippen LogP contribution in [0.3, 0.4) is 0 Å². The number of benzene rings is 1. The average Bonchev–Trinajstić information content (AvgIpc) is 3.17. The molecule has 3 rings (SSSR count). The summed E-state index contributed by atoms with van der Waals surface area (Å²) in [4.78, 5) is 21.6. The number of carbonyl (C=O) groups excluding carboxylic acids is 1. The van der Waals surface area contributed by atoms with E-state index < -0.39 is 11.6 Å². The van der Waals surface area contributed by atoms with Gasteiger partial charge < -0.3 is 4.90 Å². The van der Waals surface area contributed by atoms with E-state index in [4.69, 9.17) is 11.6 Å². The molecule has 0 spiro atoms. The van der Waals surface area contributed by atoms with Crippen LogP contribution in [0.4, 0.5) is 13.9 Å². The first kappa shape index (κ1) is 20.1. The molecular weight excluding hydrogens is 412 g/mol. The van der Waals surface area contributed by atoms with Crippen molar-refractivity contribution < 1.29 is 13.6 Å². The molecule has 9 heteroatoms. The first-order valence-corrected chi connectivity index (χ1v) is 10.3. The van der Waals surface area contributed by atoms with Gasteiger partial charge in [-0.2, -0.15) is 0 Å². The number of fused-ring (bicyclic) bond motifs is 1. The fraction of sp³-hybridized carbons (Fsp3) is 0.333. The van der Waals surface area contributed by atoms with Crippen molar-refractivity contribution in [3.63, 3.8) is 0 Å². The first-order chi connectivity index (χ1) is 12.8. The van der Waals surface area contributed by atoms with Crippen molar-refractivity contribution in [2.45, 2.75) is 12.8 Å². The predicted molar refractivity (Wildman–Crippen MR) is 108 cm³/mol. The maximum Gasteiger partial charge on any atom is 0.234 e. The quantitative estimate of drug-likeness (QED) is 0.540. The summed E-state index contributed by atoms with van der Waals surface area (Å²) in [5.41, 5.74) is 0.0842. The normalized spacial score (nSPS) is 11.5. The Kier molecular flexibility index (Phi) is 6.41. The lowest BCUT2D eigenvalue weighted by Gasteiger charge is -2.20. The largest absolute Gasteiger partial charge is 0.309 e. The van der Waals surface area contributed by atoms with Gasteiger partial charge in [0, 0.05) is 17.5 Å². The molecule has 3 aromatic rings. The van der Waals surface area contributed by atoms with Crippen LogP contribution < -0.4 is 4.90 Å². The van der Waals surface area contributed by atoms with Crippen LogP contribution in [0.15, 0.2) is 24.3 Å². The molecule has 0 fully saturated rings. The van der Waals surface area contributed by atoms with Gasteiger partial charge in [0.25, 0.3) is 0 Å². The molecule has 0 aliphatic carbocycles. The van der Waals surface area contributed by atoms with Gasteiger partial charge in [-0.25, -0.2) is 13.8 Å². The molecule has 144 valence electrons. The zero-order valence-corrected chi connectivity index (χ0v) is 17.2. The van der Waals surface area contributed by atoms with E-state index in [2.05, 4.69) is 4.98 Å². The number of rotatable bonds is 7. The average molecular weight is 430 g/mol. The third-order valence-electron chi connectivity index (χ3n) is 3.88. The molecule has 1 aromatic carbocycles. The molecular formula is C18H18ClF2N3OS2. The Morgan fingerprint density at radius 3 is 2.63 bits per heavy atom. The molecule has 0 aliphatic heterocycles. The lowest BCUT2D eigenvalue weighted by molar-refractivity contribution is -0.118. The number of carbonyl (C=O) groups is 1. The second kappa shape index (κ2) is 8.60. The van der Waals surface area contributed by atoms with E-state index in [9.17, 15) is 13.6 Å². The Hall–Kier alpha value is -1.61. The Labute approximate surface area is 169 Å². The van der Waals surface area contributed by atoms with Crippen LogP contribution in [-0.2, 0) is 11.2 Å². The van der Waals surface area contributed by atoms with E-state index in [1.54, 1.807) is 11.0 Å². The second-order valence-corrected chi connectivity index (χ2v) is 9.12. The summed E-state index contributed by atoms with van der Waals surface area (Å²) in [6.07, 6.45) is 0.919. The van der Waals surface area contributed by atoms with Crippen molar-refractivity contribution in [2.24, 2.45) is 0 Å². The fourth-order valence-corrected chi connectivity index (χ4v) is 4.75. The Balaban J connectivity index is 1.88. The first-order valence-electron chi connectivity index (χ1n) is 8.28. The van der Waals surface area contributed by atoms with Crippen molar-refractivity contribution in [3.05, 3.63) is 45.1 Å². The molecule has 1 amide bonds. The molecule has 0 aliphatic rings. The molecule has 0 atom stereocenters. The van der Waals surface area contributed by atoms with Crippen molar-refractivity contribution in [2.75, 3.05) is 32.1 Å². The van der Waals surface area contributed by atoms with Crippen LogP contribution in [0.2, 0.25) is 4.34 Å². The van der Waals surface area contributed by atoms with Crippen molar-refractivity contribution in [1.82, 2.24) is 9.88 Å². The maximum absolute atomic E-state index is 14.0. The fourth-order valence-electron chi connectivity index (χ4n) is 2.62. The summed E-state index contributed by atoms with van der Waals surface area (Å²) >= 11 is 8.41. The lowest BCUT2D eigenvalue weighted by atomic mass is 10.3. The minimum Gasteiger partial charge on any atom is -0.309 e. The molecule has 0 bridgehead atoms. The van der Waals surface area contributed by atoms with Gasteiger partial charge in [-0.3, -0.25) is 9.69 Å². The predicted octanol–water partition coefficient (Wildman–Crippen LogP) is 4.82. The summed E-state index contributed by atoms with van der Waals surface area (Å²) in [6.45, 7) is 1.24. The molecule has 0 saturated carbocycles. The van der Waals surface area contributed by atoms with Crippen LogP contribution in [0.5, 0.6) is 0 Å².